The van der Waals surface area contributed by atoms with Crippen LogP contribution in [0.25, 0.3) is 10.6 Å². The van der Waals surface area contributed by atoms with Crippen molar-refractivity contribution in [2.24, 2.45) is 0 Å². The first kappa shape index (κ1) is 14.2. The van der Waals surface area contributed by atoms with Gasteiger partial charge in [0.15, 0.2) is 5.01 Å². The summed E-state index contributed by atoms with van der Waals surface area (Å²) < 4.78 is 37.5. The van der Waals surface area contributed by atoms with E-state index in [9.17, 15) is 13.2 Å². The van der Waals surface area contributed by atoms with Crippen molar-refractivity contribution in [2.75, 3.05) is 0 Å². The highest BCUT2D eigenvalue weighted by molar-refractivity contribution is 7.15. The van der Waals surface area contributed by atoms with E-state index in [1.54, 1.807) is 0 Å². The number of rotatable bonds is 3. The molecule has 0 amide bonds. The molecule has 0 N–H and O–H groups in total. The smallest absolute Gasteiger partial charge is 0.240 e. The van der Waals surface area contributed by atoms with Crippen molar-refractivity contribution in [3.05, 3.63) is 28.2 Å². The molecule has 0 unspecified atom stereocenters. The molecule has 2 heterocycles. The Morgan fingerprint density at radius 2 is 2.05 bits per heavy atom. The molecular formula is C11H9ClF3N3S. The molecule has 2 rings (SSSR count). The molecule has 0 bridgehead atoms. The van der Waals surface area contributed by atoms with Crippen LogP contribution in [0, 0.1) is 0 Å². The van der Waals surface area contributed by atoms with Crippen molar-refractivity contribution >= 4 is 22.9 Å². The van der Waals surface area contributed by atoms with Gasteiger partial charge < -0.3 is 0 Å². The predicted octanol–water partition coefficient (Wildman–Crippen LogP) is 4.22. The Morgan fingerprint density at radius 1 is 1.32 bits per heavy atom. The van der Waals surface area contributed by atoms with Gasteiger partial charge in [-0.2, -0.15) is 13.2 Å². The third-order valence-corrected chi connectivity index (χ3v) is 3.47. The lowest BCUT2D eigenvalue weighted by Gasteiger charge is -2.02. The topological polar surface area (TPSA) is 38.7 Å². The van der Waals surface area contributed by atoms with Crippen LogP contribution in [-0.4, -0.2) is 15.0 Å². The molecule has 0 radical (unpaired) electrons. The van der Waals surface area contributed by atoms with Crippen LogP contribution in [0.1, 0.15) is 24.2 Å². The summed E-state index contributed by atoms with van der Waals surface area (Å²) >= 11 is 6.39. The van der Waals surface area contributed by atoms with Crippen molar-refractivity contribution < 1.29 is 13.2 Å². The summed E-state index contributed by atoms with van der Waals surface area (Å²) in [7, 11) is 0. The second kappa shape index (κ2) is 5.42. The number of thiazole rings is 1. The average Bonchev–Trinajstić information content (AvgIpc) is 2.77. The Kier molecular flexibility index (Phi) is 4.05. The molecule has 0 saturated heterocycles. The second-order valence-electron chi connectivity index (χ2n) is 3.77. The van der Waals surface area contributed by atoms with E-state index in [-0.39, 0.29) is 5.15 Å². The fourth-order valence-corrected chi connectivity index (χ4v) is 2.39. The highest BCUT2D eigenvalue weighted by atomic mass is 35.5. The molecule has 0 aliphatic carbocycles. The molecule has 3 nitrogen and oxygen atoms in total. The fourth-order valence-electron chi connectivity index (χ4n) is 1.45. The minimum atomic E-state index is -4.44. The van der Waals surface area contributed by atoms with Crippen LogP contribution in [0.3, 0.4) is 0 Å². The standard InChI is InChI=1S/C11H9ClF3N3S/c1-2-3-9-17-6(4-8(12)18-9)7-5-16-10(19-7)11(13,14)15/h4-5H,2-3H2,1H3. The molecule has 0 aliphatic heterocycles. The lowest BCUT2D eigenvalue weighted by atomic mass is 10.3. The van der Waals surface area contributed by atoms with E-state index in [2.05, 4.69) is 15.0 Å². The largest absolute Gasteiger partial charge is 0.443 e. The van der Waals surface area contributed by atoms with E-state index in [1.165, 1.54) is 6.07 Å². The molecule has 0 atom stereocenters. The van der Waals surface area contributed by atoms with E-state index in [0.717, 1.165) is 12.6 Å². The number of nitrogens with zero attached hydrogens (tertiary/aromatic N) is 3. The molecular weight excluding hydrogens is 299 g/mol. The third-order valence-electron chi connectivity index (χ3n) is 2.22. The molecule has 0 spiro atoms. The van der Waals surface area contributed by atoms with Crippen LogP contribution in [0.5, 0.6) is 0 Å². The highest BCUT2D eigenvalue weighted by Crippen LogP contribution is 2.36. The van der Waals surface area contributed by atoms with Gasteiger partial charge in [-0.25, -0.2) is 15.0 Å². The van der Waals surface area contributed by atoms with Crippen LogP contribution < -0.4 is 0 Å². The summed E-state index contributed by atoms with van der Waals surface area (Å²) in [4.78, 5) is 11.9. The van der Waals surface area contributed by atoms with Crippen molar-refractivity contribution in [1.82, 2.24) is 15.0 Å². The summed E-state index contributed by atoms with van der Waals surface area (Å²) in [6, 6.07) is 1.44. The lowest BCUT2D eigenvalue weighted by molar-refractivity contribution is -0.137. The molecule has 0 fully saturated rings. The van der Waals surface area contributed by atoms with Crippen molar-refractivity contribution in [2.45, 2.75) is 25.9 Å². The zero-order valence-electron chi connectivity index (χ0n) is 9.83. The second-order valence-corrected chi connectivity index (χ2v) is 5.19. The van der Waals surface area contributed by atoms with E-state index in [4.69, 9.17) is 11.6 Å². The minimum absolute atomic E-state index is 0.218. The van der Waals surface area contributed by atoms with E-state index >= 15 is 0 Å². The van der Waals surface area contributed by atoms with Crippen molar-refractivity contribution in [3.8, 4) is 10.6 Å². The minimum Gasteiger partial charge on any atom is -0.240 e. The van der Waals surface area contributed by atoms with Gasteiger partial charge in [-0.3, -0.25) is 0 Å². The molecule has 19 heavy (non-hydrogen) atoms. The van der Waals surface area contributed by atoms with Gasteiger partial charge in [-0.05, 0) is 6.42 Å². The van der Waals surface area contributed by atoms with E-state index in [1.807, 2.05) is 6.92 Å². The summed E-state index contributed by atoms with van der Waals surface area (Å²) in [5, 5.41) is -0.676. The lowest BCUT2D eigenvalue weighted by Crippen LogP contribution is -2.02. The van der Waals surface area contributed by atoms with E-state index < -0.39 is 11.2 Å². The van der Waals surface area contributed by atoms with Crippen LogP contribution in [0.15, 0.2) is 12.3 Å². The van der Waals surface area contributed by atoms with E-state index in [0.29, 0.717) is 34.2 Å². The highest BCUT2D eigenvalue weighted by Gasteiger charge is 2.34. The Hall–Kier alpha value is -1.21. The number of aromatic nitrogens is 3. The van der Waals surface area contributed by atoms with Gasteiger partial charge in [0.2, 0.25) is 0 Å². The van der Waals surface area contributed by atoms with Gasteiger partial charge in [-0.15, -0.1) is 11.3 Å². The van der Waals surface area contributed by atoms with Gasteiger partial charge >= 0.3 is 6.18 Å². The van der Waals surface area contributed by atoms with Gasteiger partial charge in [0.1, 0.15) is 11.0 Å². The number of hydrogen-bond donors (Lipinski definition) is 0. The number of aryl methyl sites for hydroxylation is 1. The van der Waals surface area contributed by atoms with Gasteiger partial charge in [0.05, 0.1) is 10.6 Å². The van der Waals surface area contributed by atoms with Crippen LogP contribution in [-0.2, 0) is 12.6 Å². The van der Waals surface area contributed by atoms with Crippen molar-refractivity contribution in [1.29, 1.82) is 0 Å². The van der Waals surface area contributed by atoms with Gasteiger partial charge in [0, 0.05) is 18.7 Å². The van der Waals surface area contributed by atoms with Gasteiger partial charge in [0.25, 0.3) is 0 Å². The molecule has 0 saturated carbocycles. The summed E-state index contributed by atoms with van der Waals surface area (Å²) in [6.45, 7) is 1.96. The molecule has 0 aliphatic rings. The zero-order valence-corrected chi connectivity index (χ0v) is 11.4. The molecule has 2 aromatic heterocycles. The Morgan fingerprint density at radius 3 is 2.63 bits per heavy atom. The number of halogens is 4. The summed E-state index contributed by atoms with van der Waals surface area (Å²) in [5.41, 5.74) is 0.372. The Labute approximate surface area is 116 Å². The van der Waals surface area contributed by atoms with Crippen molar-refractivity contribution in [3.63, 3.8) is 0 Å². The molecule has 102 valence electrons. The molecule has 2 aromatic rings. The maximum Gasteiger partial charge on any atom is 0.443 e. The third kappa shape index (κ3) is 3.42. The maximum atomic E-state index is 12.5. The normalized spacial score (nSPS) is 11.8. The first-order valence-electron chi connectivity index (χ1n) is 5.47. The fraction of sp³-hybridized carbons (Fsp3) is 0.364. The quantitative estimate of drug-likeness (QED) is 0.797. The van der Waals surface area contributed by atoms with Crippen LogP contribution in [0.4, 0.5) is 13.2 Å². The monoisotopic (exact) mass is 307 g/mol. The Bertz CT molecular complexity index is 583. The van der Waals surface area contributed by atoms with Crippen LogP contribution >= 0.6 is 22.9 Å². The summed E-state index contributed by atoms with van der Waals surface area (Å²) in [5.74, 6) is 0.520. The maximum absolute atomic E-state index is 12.5. The SMILES string of the molecule is CCCc1nc(Cl)cc(-c2cnc(C(F)(F)F)s2)n1. The summed E-state index contributed by atoms with van der Waals surface area (Å²) in [6.07, 6.45) is -1.83. The first-order chi connectivity index (χ1) is 8.90. The first-order valence-corrected chi connectivity index (χ1v) is 6.66. The number of alkyl halides is 3. The van der Waals surface area contributed by atoms with Crippen LogP contribution in [0.2, 0.25) is 5.15 Å². The average molecular weight is 308 g/mol. The van der Waals surface area contributed by atoms with Gasteiger partial charge in [-0.1, -0.05) is 18.5 Å². The zero-order chi connectivity index (χ0) is 14.0. The predicted molar refractivity (Wildman–Crippen MR) is 67.1 cm³/mol. The number of hydrogen-bond acceptors (Lipinski definition) is 4. The molecule has 0 aromatic carbocycles. The molecule has 8 heteroatoms. The Balaban J connectivity index is 2.38.